The number of aryl methyl sites for hydroxylation is 1. The quantitative estimate of drug-likeness (QED) is 0.566. The van der Waals surface area contributed by atoms with Gasteiger partial charge >= 0.3 is 0 Å². The summed E-state index contributed by atoms with van der Waals surface area (Å²) in [6.45, 7) is 3.91. The monoisotopic (exact) mass is 434 g/mol. The predicted molar refractivity (Wildman–Crippen MR) is 118 cm³/mol. The summed E-state index contributed by atoms with van der Waals surface area (Å²) in [5.41, 5.74) is 3.13. The van der Waals surface area contributed by atoms with Crippen LogP contribution >= 0.6 is 11.3 Å². The standard InChI is InChI=1S/C23H22N4O3S/c1-13-5-3-4-6-15(13)10-17(28)19-11-24-23(31-19)14(2)9-18(29)21-16-7-8-20(30)27-22(16)26-12-25-21/h3-6,11-12,14H,7-10H2,1-2H3,(H,25,26,27,30)/t14-/m0/s1. The number of anilines is 1. The maximum absolute atomic E-state index is 12.9. The van der Waals surface area contributed by atoms with E-state index in [1.807, 2.05) is 38.1 Å². The van der Waals surface area contributed by atoms with Gasteiger partial charge in [0.15, 0.2) is 11.6 Å². The highest BCUT2D eigenvalue weighted by Gasteiger charge is 2.25. The van der Waals surface area contributed by atoms with E-state index in [1.165, 1.54) is 17.7 Å². The summed E-state index contributed by atoms with van der Waals surface area (Å²) < 4.78 is 0. The number of carbonyl (C=O) groups excluding carboxylic acids is 3. The molecule has 31 heavy (non-hydrogen) atoms. The summed E-state index contributed by atoms with van der Waals surface area (Å²) in [6.07, 6.45) is 4.22. The molecule has 158 valence electrons. The smallest absolute Gasteiger partial charge is 0.225 e. The third kappa shape index (κ3) is 4.59. The highest BCUT2D eigenvalue weighted by Crippen LogP contribution is 2.29. The van der Waals surface area contributed by atoms with E-state index in [1.54, 1.807) is 6.20 Å². The van der Waals surface area contributed by atoms with Gasteiger partial charge < -0.3 is 5.32 Å². The number of benzene rings is 1. The van der Waals surface area contributed by atoms with Crippen molar-refractivity contribution in [3.05, 3.63) is 69.1 Å². The molecule has 0 saturated heterocycles. The van der Waals surface area contributed by atoms with Crippen LogP contribution in [0.2, 0.25) is 0 Å². The molecule has 1 aliphatic rings. The van der Waals surface area contributed by atoms with Crippen LogP contribution in [0, 0.1) is 6.92 Å². The number of thiazole rings is 1. The number of rotatable bonds is 7. The van der Waals surface area contributed by atoms with Crippen molar-refractivity contribution in [1.29, 1.82) is 0 Å². The number of aromatic nitrogens is 3. The van der Waals surface area contributed by atoms with Crippen LogP contribution in [0.25, 0.3) is 0 Å². The Hall–Kier alpha value is -3.26. The minimum absolute atomic E-state index is 0.0252. The van der Waals surface area contributed by atoms with E-state index in [9.17, 15) is 14.4 Å². The molecular weight excluding hydrogens is 412 g/mol. The third-order valence-corrected chi connectivity index (χ3v) is 6.66. The second-order valence-corrected chi connectivity index (χ2v) is 8.78. The van der Waals surface area contributed by atoms with Crippen LogP contribution in [0.1, 0.15) is 67.5 Å². The van der Waals surface area contributed by atoms with Gasteiger partial charge in [-0.2, -0.15) is 0 Å². The summed E-state index contributed by atoms with van der Waals surface area (Å²) in [7, 11) is 0. The molecule has 2 aromatic heterocycles. The molecule has 1 aromatic carbocycles. The van der Waals surface area contributed by atoms with Crippen molar-refractivity contribution >= 4 is 34.6 Å². The zero-order valence-electron chi connectivity index (χ0n) is 17.3. The second-order valence-electron chi connectivity index (χ2n) is 7.72. The van der Waals surface area contributed by atoms with Crippen LogP contribution < -0.4 is 5.32 Å². The lowest BCUT2D eigenvalue weighted by atomic mass is 9.97. The second kappa shape index (κ2) is 8.85. The van der Waals surface area contributed by atoms with Crippen LogP contribution in [0.5, 0.6) is 0 Å². The van der Waals surface area contributed by atoms with E-state index in [0.29, 0.717) is 41.2 Å². The van der Waals surface area contributed by atoms with Gasteiger partial charge in [-0.25, -0.2) is 15.0 Å². The zero-order valence-corrected chi connectivity index (χ0v) is 18.2. The number of nitrogens with one attached hydrogen (secondary N) is 1. The number of Topliss-reactive ketones (excluding diaryl/α,β-unsaturated/α-hetero) is 2. The summed E-state index contributed by atoms with van der Waals surface area (Å²) >= 11 is 1.34. The number of fused-ring (bicyclic) bond motifs is 1. The Morgan fingerprint density at radius 2 is 1.94 bits per heavy atom. The van der Waals surface area contributed by atoms with Crippen molar-refractivity contribution in [2.75, 3.05) is 5.32 Å². The molecule has 8 heteroatoms. The van der Waals surface area contributed by atoms with Gasteiger partial charge in [0.1, 0.15) is 17.8 Å². The molecule has 0 radical (unpaired) electrons. The Kier molecular flexibility index (Phi) is 5.99. The molecule has 0 aliphatic carbocycles. The fourth-order valence-corrected chi connectivity index (χ4v) is 4.51. The van der Waals surface area contributed by atoms with Crippen molar-refractivity contribution < 1.29 is 14.4 Å². The number of nitrogens with zero attached hydrogens (tertiary/aromatic N) is 3. The van der Waals surface area contributed by atoms with Crippen LogP contribution in [-0.4, -0.2) is 32.4 Å². The molecular formula is C23H22N4O3S. The predicted octanol–water partition coefficient (Wildman–Crippen LogP) is 3.93. The van der Waals surface area contributed by atoms with Crippen molar-refractivity contribution in [2.45, 2.75) is 45.4 Å². The summed E-state index contributed by atoms with van der Waals surface area (Å²) in [5.74, 6) is 0.0630. The molecule has 0 unspecified atom stereocenters. The van der Waals surface area contributed by atoms with Crippen LogP contribution in [0.4, 0.5) is 5.82 Å². The SMILES string of the molecule is Cc1ccccc1CC(=O)c1cnc([C@@H](C)CC(=O)c2ncnc3c2CCC(=O)N3)s1. The first kappa shape index (κ1) is 21.0. The van der Waals surface area contributed by atoms with E-state index < -0.39 is 0 Å². The van der Waals surface area contributed by atoms with E-state index >= 15 is 0 Å². The summed E-state index contributed by atoms with van der Waals surface area (Å²) in [5, 5.41) is 3.44. The molecule has 4 rings (SSSR count). The van der Waals surface area contributed by atoms with Gasteiger partial charge in [-0.15, -0.1) is 11.3 Å². The number of hydrogen-bond acceptors (Lipinski definition) is 7. The molecule has 3 aromatic rings. The van der Waals surface area contributed by atoms with Gasteiger partial charge in [0.2, 0.25) is 5.91 Å². The van der Waals surface area contributed by atoms with E-state index in [2.05, 4.69) is 20.3 Å². The number of carbonyl (C=O) groups is 3. The topological polar surface area (TPSA) is 102 Å². The Morgan fingerprint density at radius 3 is 2.74 bits per heavy atom. The normalized spacial score (nSPS) is 13.9. The molecule has 1 amide bonds. The van der Waals surface area contributed by atoms with Gasteiger partial charge in [0, 0.05) is 36.9 Å². The maximum atomic E-state index is 12.9. The first-order valence-electron chi connectivity index (χ1n) is 10.1. The molecule has 7 nitrogen and oxygen atoms in total. The minimum atomic E-state index is -0.152. The van der Waals surface area contributed by atoms with E-state index in [0.717, 1.165) is 16.1 Å². The fourth-order valence-electron chi connectivity index (χ4n) is 3.61. The van der Waals surface area contributed by atoms with Gasteiger partial charge in [-0.3, -0.25) is 14.4 Å². The Labute approximate surface area is 184 Å². The van der Waals surface area contributed by atoms with Crippen molar-refractivity contribution in [2.24, 2.45) is 0 Å². The van der Waals surface area contributed by atoms with Gasteiger partial charge in [-0.1, -0.05) is 31.2 Å². The molecule has 1 atom stereocenters. The van der Waals surface area contributed by atoms with Crippen molar-refractivity contribution in [1.82, 2.24) is 15.0 Å². The highest BCUT2D eigenvalue weighted by molar-refractivity contribution is 7.13. The lowest BCUT2D eigenvalue weighted by Gasteiger charge is -2.17. The van der Waals surface area contributed by atoms with Gasteiger partial charge in [-0.05, 0) is 24.5 Å². The van der Waals surface area contributed by atoms with Gasteiger partial charge in [0.05, 0.1) is 9.88 Å². The van der Waals surface area contributed by atoms with Crippen LogP contribution in [0.15, 0.2) is 36.8 Å². The fraction of sp³-hybridized carbons (Fsp3) is 0.304. The van der Waals surface area contributed by atoms with Gasteiger partial charge in [0.25, 0.3) is 0 Å². The molecule has 1 N–H and O–H groups in total. The number of hydrogen-bond donors (Lipinski definition) is 1. The molecule has 0 saturated carbocycles. The molecule has 1 aliphatic heterocycles. The van der Waals surface area contributed by atoms with Crippen LogP contribution in [-0.2, 0) is 17.6 Å². The highest BCUT2D eigenvalue weighted by atomic mass is 32.1. The lowest BCUT2D eigenvalue weighted by molar-refractivity contribution is -0.116. The Balaban J connectivity index is 1.45. The average Bonchev–Trinajstić information content (AvgIpc) is 3.25. The first-order chi connectivity index (χ1) is 14.9. The largest absolute Gasteiger partial charge is 0.310 e. The molecule has 0 spiro atoms. The summed E-state index contributed by atoms with van der Waals surface area (Å²) in [6, 6.07) is 7.83. The van der Waals surface area contributed by atoms with Crippen LogP contribution in [0.3, 0.4) is 0 Å². The molecule has 3 heterocycles. The zero-order chi connectivity index (χ0) is 22.0. The third-order valence-electron chi connectivity index (χ3n) is 5.39. The van der Waals surface area contributed by atoms with E-state index in [-0.39, 0.29) is 29.8 Å². The first-order valence-corrected chi connectivity index (χ1v) is 10.9. The summed E-state index contributed by atoms with van der Waals surface area (Å²) in [4.78, 5) is 50.4. The lowest BCUT2D eigenvalue weighted by Crippen LogP contribution is -2.23. The maximum Gasteiger partial charge on any atom is 0.225 e. The minimum Gasteiger partial charge on any atom is -0.310 e. The molecule has 0 fully saturated rings. The Bertz CT molecular complexity index is 1170. The number of amides is 1. The van der Waals surface area contributed by atoms with Crippen molar-refractivity contribution in [3.63, 3.8) is 0 Å². The number of ketones is 2. The Morgan fingerprint density at radius 1 is 1.13 bits per heavy atom. The molecule has 0 bridgehead atoms. The van der Waals surface area contributed by atoms with Crippen molar-refractivity contribution in [3.8, 4) is 0 Å². The van der Waals surface area contributed by atoms with E-state index in [4.69, 9.17) is 0 Å². The average molecular weight is 435 g/mol.